The molecule has 44 heavy (non-hydrogen) atoms. The number of amides is 2. The minimum absolute atomic E-state index is 0.239. The lowest BCUT2D eigenvalue weighted by atomic mass is 10.1. The monoisotopic (exact) mass is 673 g/mol. The first-order chi connectivity index (χ1) is 21.0. The van der Waals surface area contributed by atoms with Crippen LogP contribution in [0.4, 0.5) is 4.79 Å². The first-order valence-corrected chi connectivity index (χ1v) is 18.5. The van der Waals surface area contributed by atoms with Crippen molar-refractivity contribution in [3.05, 3.63) is 98.2 Å². The summed E-state index contributed by atoms with van der Waals surface area (Å²) in [4.78, 5) is 30.7. The van der Waals surface area contributed by atoms with Crippen molar-refractivity contribution in [1.82, 2.24) is 14.5 Å². The van der Waals surface area contributed by atoms with Crippen molar-refractivity contribution >= 4 is 56.0 Å². The molecule has 0 aliphatic heterocycles. The van der Waals surface area contributed by atoms with Crippen molar-refractivity contribution in [2.24, 2.45) is 0 Å². The Morgan fingerprint density at radius 2 is 1.43 bits per heavy atom. The minimum Gasteiger partial charge on any atom is -0.436 e. The molecule has 1 N–H and O–H groups in total. The molecule has 236 valence electrons. The third-order valence-electron chi connectivity index (χ3n) is 6.58. The van der Waals surface area contributed by atoms with Crippen molar-refractivity contribution in [3.8, 4) is 0 Å². The van der Waals surface area contributed by atoms with Gasteiger partial charge in [0.15, 0.2) is 6.10 Å². The molecule has 1 atom stereocenters. The second-order valence-electron chi connectivity index (χ2n) is 11.4. The average Bonchev–Trinajstić information content (AvgIpc) is 3.77. The number of rotatable bonds is 15. The number of alkyl carbamates (subject to hydrolysis) is 1. The number of thiophene rings is 3. The van der Waals surface area contributed by atoms with E-state index in [9.17, 15) is 18.0 Å². The Bertz CT molecular complexity index is 1500. The first kappa shape index (κ1) is 33.9. The van der Waals surface area contributed by atoms with E-state index in [1.54, 1.807) is 45.1 Å². The van der Waals surface area contributed by atoms with Crippen molar-refractivity contribution in [2.45, 2.75) is 75.5 Å². The van der Waals surface area contributed by atoms with Gasteiger partial charge in [0.05, 0.1) is 13.1 Å². The van der Waals surface area contributed by atoms with E-state index >= 15 is 0 Å². The van der Waals surface area contributed by atoms with E-state index in [-0.39, 0.29) is 25.4 Å². The Morgan fingerprint density at radius 3 is 1.98 bits per heavy atom. The van der Waals surface area contributed by atoms with Crippen molar-refractivity contribution in [1.29, 1.82) is 0 Å². The normalized spacial score (nSPS) is 12.6. The van der Waals surface area contributed by atoms with Gasteiger partial charge in [-0.2, -0.15) is 4.31 Å². The standard InChI is InChI=1S/C32H39N3O5S4/c1-32(2,3)33-31(37)40-28(30(36)34(23-26-14-9-19-41-26)24-27-15-10-20-42-27)16-7-8-18-35(22-25-12-5-4-6-13-25)44(38,39)29-17-11-21-43-29/h4-6,9-15,17,19-21,28H,7-8,16,18,22-24H2,1-3H3,(H,33,37)/t28-/m0/s1. The van der Waals surface area contributed by atoms with Gasteiger partial charge in [-0.05, 0) is 79.9 Å². The van der Waals surface area contributed by atoms with Gasteiger partial charge in [-0.25, -0.2) is 13.2 Å². The second-order valence-corrected chi connectivity index (χ2v) is 16.6. The lowest BCUT2D eigenvalue weighted by Gasteiger charge is -2.28. The number of nitrogens with zero attached hydrogens (tertiary/aromatic N) is 2. The number of nitrogens with one attached hydrogen (secondary N) is 1. The van der Waals surface area contributed by atoms with Crippen LogP contribution in [0.1, 0.15) is 55.4 Å². The lowest BCUT2D eigenvalue weighted by molar-refractivity contribution is -0.142. The maximum atomic E-state index is 14.0. The van der Waals surface area contributed by atoms with Gasteiger partial charge in [0.2, 0.25) is 0 Å². The highest BCUT2D eigenvalue weighted by molar-refractivity contribution is 7.91. The van der Waals surface area contributed by atoms with Crippen LogP contribution < -0.4 is 5.32 Å². The summed E-state index contributed by atoms with van der Waals surface area (Å²) in [5.41, 5.74) is 0.354. The molecule has 3 aromatic heterocycles. The van der Waals surface area contributed by atoms with Gasteiger partial charge in [0.1, 0.15) is 4.21 Å². The topological polar surface area (TPSA) is 96.0 Å². The number of carbonyl (C=O) groups excluding carboxylic acids is 2. The zero-order valence-electron chi connectivity index (χ0n) is 25.2. The molecule has 0 unspecified atom stereocenters. The van der Waals surface area contributed by atoms with Gasteiger partial charge in [0.25, 0.3) is 15.9 Å². The van der Waals surface area contributed by atoms with Crippen molar-refractivity contribution in [3.63, 3.8) is 0 Å². The molecule has 0 saturated heterocycles. The number of hydrogen-bond acceptors (Lipinski definition) is 8. The van der Waals surface area contributed by atoms with Gasteiger partial charge < -0.3 is 15.0 Å². The fourth-order valence-electron chi connectivity index (χ4n) is 4.52. The van der Waals surface area contributed by atoms with Crippen LogP contribution in [0, 0.1) is 0 Å². The van der Waals surface area contributed by atoms with Crippen LogP contribution in [0.15, 0.2) is 87.1 Å². The predicted octanol–water partition coefficient (Wildman–Crippen LogP) is 7.35. The molecule has 0 saturated carbocycles. The van der Waals surface area contributed by atoms with E-state index in [1.807, 2.05) is 86.1 Å². The second kappa shape index (κ2) is 15.8. The first-order valence-electron chi connectivity index (χ1n) is 14.4. The molecule has 1 aromatic carbocycles. The van der Waals surface area contributed by atoms with Crippen molar-refractivity contribution < 1.29 is 22.7 Å². The summed E-state index contributed by atoms with van der Waals surface area (Å²) in [6.45, 7) is 6.85. The van der Waals surface area contributed by atoms with Gasteiger partial charge in [-0.3, -0.25) is 4.79 Å². The third-order valence-corrected chi connectivity index (χ3v) is 11.5. The molecular weight excluding hydrogens is 635 g/mol. The van der Waals surface area contributed by atoms with Gasteiger partial charge >= 0.3 is 6.09 Å². The molecule has 0 fully saturated rings. The van der Waals surface area contributed by atoms with Crippen LogP contribution in [0.2, 0.25) is 0 Å². The minimum atomic E-state index is -3.70. The summed E-state index contributed by atoms with van der Waals surface area (Å²) in [6.07, 6.45) is -0.444. The Labute approximate surface area is 272 Å². The maximum Gasteiger partial charge on any atom is 0.408 e. The summed E-state index contributed by atoms with van der Waals surface area (Å²) >= 11 is 4.33. The highest BCUT2D eigenvalue weighted by Crippen LogP contribution is 2.25. The largest absolute Gasteiger partial charge is 0.436 e. The third kappa shape index (κ3) is 10.3. The van der Waals surface area contributed by atoms with E-state index in [1.165, 1.54) is 15.6 Å². The van der Waals surface area contributed by atoms with E-state index in [4.69, 9.17) is 4.74 Å². The highest BCUT2D eigenvalue weighted by atomic mass is 32.2. The van der Waals surface area contributed by atoms with E-state index in [0.29, 0.717) is 30.1 Å². The van der Waals surface area contributed by atoms with Crippen LogP contribution in [-0.2, 0) is 39.2 Å². The zero-order valence-corrected chi connectivity index (χ0v) is 28.4. The molecule has 0 aliphatic rings. The molecule has 2 amide bonds. The van der Waals surface area contributed by atoms with Crippen LogP contribution in [0.5, 0.6) is 0 Å². The number of sulfonamides is 1. The SMILES string of the molecule is CC(C)(C)NC(=O)O[C@@H](CCCCN(Cc1ccccc1)S(=O)(=O)c1cccs1)C(=O)N(Cc1cccs1)Cc1cccs1. The molecule has 4 rings (SSSR count). The van der Waals surface area contributed by atoms with Crippen LogP contribution in [0.25, 0.3) is 0 Å². The van der Waals surface area contributed by atoms with E-state index in [0.717, 1.165) is 15.3 Å². The number of unbranched alkanes of at least 4 members (excludes halogenated alkanes) is 1. The summed E-state index contributed by atoms with van der Waals surface area (Å²) in [5, 5.41) is 8.49. The fourth-order valence-corrected chi connectivity index (χ4v) is 8.57. The molecular formula is C32H39N3O5S4. The molecule has 8 nitrogen and oxygen atoms in total. The van der Waals surface area contributed by atoms with E-state index in [2.05, 4.69) is 5.32 Å². The summed E-state index contributed by atoms with van der Waals surface area (Å²) in [7, 11) is -3.70. The number of hydrogen-bond donors (Lipinski definition) is 1. The molecule has 0 spiro atoms. The highest BCUT2D eigenvalue weighted by Gasteiger charge is 2.30. The molecule has 0 bridgehead atoms. The Kier molecular flexibility index (Phi) is 12.2. The van der Waals surface area contributed by atoms with Crippen molar-refractivity contribution in [2.75, 3.05) is 6.54 Å². The molecule has 4 aromatic rings. The van der Waals surface area contributed by atoms with Gasteiger partial charge in [-0.15, -0.1) is 34.0 Å². The number of ether oxygens (including phenoxy) is 1. The van der Waals surface area contributed by atoms with Crippen LogP contribution in [-0.4, -0.2) is 47.8 Å². The molecule has 3 heterocycles. The van der Waals surface area contributed by atoms with E-state index < -0.39 is 27.8 Å². The van der Waals surface area contributed by atoms with Gasteiger partial charge in [-0.1, -0.05) is 48.5 Å². The van der Waals surface area contributed by atoms with Crippen LogP contribution in [0.3, 0.4) is 0 Å². The fraction of sp³-hybridized carbons (Fsp3) is 0.375. The summed E-state index contributed by atoms with van der Waals surface area (Å²) < 4.78 is 34.6. The molecule has 0 aliphatic carbocycles. The average molecular weight is 674 g/mol. The maximum absolute atomic E-state index is 14.0. The molecule has 12 heteroatoms. The number of carbonyl (C=O) groups is 2. The zero-order chi connectivity index (χ0) is 31.6. The summed E-state index contributed by atoms with van der Waals surface area (Å²) in [5.74, 6) is -0.275. The van der Waals surface area contributed by atoms with Gasteiger partial charge in [0, 0.05) is 28.4 Å². The smallest absolute Gasteiger partial charge is 0.408 e. The Morgan fingerprint density at radius 1 is 0.818 bits per heavy atom. The Hall–Kier alpha value is -3.03. The number of benzene rings is 1. The molecule has 0 radical (unpaired) electrons. The predicted molar refractivity (Wildman–Crippen MR) is 178 cm³/mol. The van der Waals surface area contributed by atoms with Crippen LogP contribution >= 0.6 is 34.0 Å². The summed E-state index contributed by atoms with van der Waals surface area (Å²) in [6, 6.07) is 20.7. The lowest BCUT2D eigenvalue weighted by Crippen LogP contribution is -2.46. The Balaban J connectivity index is 1.49. The quantitative estimate of drug-likeness (QED) is 0.133.